The Bertz CT molecular complexity index is 488. The SMILES string of the molecule is CCCCCCCCC(=O)O.COc1cc(C(N)=O)ccc1O. The van der Waals surface area contributed by atoms with E-state index in [-0.39, 0.29) is 11.5 Å². The number of amides is 1. The van der Waals surface area contributed by atoms with Crippen molar-refractivity contribution < 1.29 is 24.5 Å². The Kier molecular flexibility index (Phi) is 11.1. The van der Waals surface area contributed by atoms with Crippen LogP contribution in [0, 0.1) is 0 Å². The number of aromatic hydroxyl groups is 1. The fraction of sp³-hybridized carbons (Fsp3) is 0.529. The van der Waals surface area contributed by atoms with E-state index >= 15 is 0 Å². The molecule has 0 heterocycles. The maximum atomic E-state index is 10.7. The lowest BCUT2D eigenvalue weighted by Crippen LogP contribution is -2.10. The normalized spacial score (nSPS) is 9.65. The van der Waals surface area contributed by atoms with Crippen LogP contribution in [-0.2, 0) is 4.79 Å². The first-order valence-electron chi connectivity index (χ1n) is 7.81. The number of unbranched alkanes of at least 4 members (excludes halogenated alkanes) is 5. The predicted octanol–water partition coefficient (Wildman–Crippen LogP) is 3.32. The fourth-order valence-electron chi connectivity index (χ4n) is 1.89. The van der Waals surface area contributed by atoms with Crippen LogP contribution >= 0.6 is 0 Å². The van der Waals surface area contributed by atoms with Gasteiger partial charge in [-0.25, -0.2) is 0 Å². The molecule has 0 saturated heterocycles. The lowest BCUT2D eigenvalue weighted by atomic mass is 10.1. The molecule has 0 bridgehead atoms. The van der Waals surface area contributed by atoms with E-state index in [4.69, 9.17) is 20.7 Å². The summed E-state index contributed by atoms with van der Waals surface area (Å²) < 4.78 is 4.78. The first kappa shape index (κ1) is 20.8. The Balaban J connectivity index is 0.000000423. The van der Waals surface area contributed by atoms with Gasteiger partial charge < -0.3 is 20.7 Å². The Morgan fingerprint density at radius 2 is 1.74 bits per heavy atom. The minimum atomic E-state index is -0.666. The minimum Gasteiger partial charge on any atom is -0.504 e. The molecule has 6 nitrogen and oxygen atoms in total. The highest BCUT2D eigenvalue weighted by atomic mass is 16.5. The quantitative estimate of drug-likeness (QED) is 0.603. The molecule has 1 amide bonds. The molecule has 0 saturated carbocycles. The predicted molar refractivity (Wildman–Crippen MR) is 88.8 cm³/mol. The molecule has 0 unspecified atom stereocenters. The number of hydrogen-bond acceptors (Lipinski definition) is 4. The maximum Gasteiger partial charge on any atom is 0.303 e. The van der Waals surface area contributed by atoms with Gasteiger partial charge >= 0.3 is 5.97 Å². The van der Waals surface area contributed by atoms with E-state index in [1.54, 1.807) is 0 Å². The van der Waals surface area contributed by atoms with Gasteiger partial charge in [0.15, 0.2) is 11.5 Å². The number of phenols is 1. The van der Waals surface area contributed by atoms with Crippen LogP contribution in [0.25, 0.3) is 0 Å². The van der Waals surface area contributed by atoms with Crippen molar-refractivity contribution in [1.82, 2.24) is 0 Å². The summed E-state index contributed by atoms with van der Waals surface area (Å²) in [5.74, 6) is -0.984. The highest BCUT2D eigenvalue weighted by Gasteiger charge is 2.05. The molecule has 130 valence electrons. The van der Waals surface area contributed by atoms with Crippen LogP contribution in [0.4, 0.5) is 0 Å². The first-order valence-corrected chi connectivity index (χ1v) is 7.81. The highest BCUT2D eigenvalue weighted by Crippen LogP contribution is 2.25. The zero-order valence-corrected chi connectivity index (χ0v) is 13.9. The van der Waals surface area contributed by atoms with Crippen LogP contribution in [0.2, 0.25) is 0 Å². The standard InChI is InChI=1S/C9H18O2.C8H9NO3/c1-2-3-4-5-6-7-8-9(10)11;1-12-7-4-5(8(9)11)2-3-6(7)10/h2-8H2,1H3,(H,10,11);2-4,10H,1H3,(H2,9,11). The largest absolute Gasteiger partial charge is 0.504 e. The van der Waals surface area contributed by atoms with Crippen LogP contribution in [0.1, 0.15) is 62.2 Å². The van der Waals surface area contributed by atoms with Gasteiger partial charge in [0.25, 0.3) is 0 Å². The van der Waals surface area contributed by atoms with E-state index in [0.717, 1.165) is 12.8 Å². The van der Waals surface area contributed by atoms with Crippen LogP contribution in [-0.4, -0.2) is 29.2 Å². The first-order chi connectivity index (χ1) is 10.9. The summed E-state index contributed by atoms with van der Waals surface area (Å²) in [4.78, 5) is 20.8. The minimum absolute atomic E-state index is 0.0116. The fourth-order valence-corrected chi connectivity index (χ4v) is 1.89. The Labute approximate surface area is 137 Å². The second-order valence-corrected chi connectivity index (χ2v) is 5.16. The van der Waals surface area contributed by atoms with Crippen LogP contribution in [0.3, 0.4) is 0 Å². The number of primary amides is 1. The molecular formula is C17H27NO5. The molecule has 1 aromatic carbocycles. The molecule has 23 heavy (non-hydrogen) atoms. The summed E-state index contributed by atoms with van der Waals surface area (Å²) in [6, 6.07) is 4.18. The molecule has 0 radical (unpaired) electrons. The Morgan fingerprint density at radius 1 is 1.13 bits per heavy atom. The van der Waals surface area contributed by atoms with Gasteiger partial charge in [-0.15, -0.1) is 0 Å². The van der Waals surface area contributed by atoms with E-state index < -0.39 is 11.9 Å². The molecule has 0 aliphatic heterocycles. The van der Waals surface area contributed by atoms with E-state index in [1.807, 2.05) is 0 Å². The molecule has 0 aromatic heterocycles. The summed E-state index contributed by atoms with van der Waals surface area (Å²) in [7, 11) is 1.40. The number of phenolic OH excluding ortho intramolecular Hbond substituents is 1. The van der Waals surface area contributed by atoms with Crippen LogP contribution in [0.15, 0.2) is 18.2 Å². The third kappa shape index (κ3) is 10.2. The summed E-state index contributed by atoms with van der Waals surface area (Å²) in [5, 5.41) is 17.5. The lowest BCUT2D eigenvalue weighted by molar-refractivity contribution is -0.137. The number of benzene rings is 1. The van der Waals surface area contributed by atoms with Gasteiger partial charge in [-0.2, -0.15) is 0 Å². The van der Waals surface area contributed by atoms with E-state index in [9.17, 15) is 9.59 Å². The van der Waals surface area contributed by atoms with Gasteiger partial charge in [0, 0.05) is 12.0 Å². The monoisotopic (exact) mass is 325 g/mol. The number of ether oxygens (including phenoxy) is 1. The summed E-state index contributed by atoms with van der Waals surface area (Å²) >= 11 is 0. The second kappa shape index (κ2) is 12.3. The lowest BCUT2D eigenvalue weighted by Gasteiger charge is -2.03. The molecular weight excluding hydrogens is 298 g/mol. The maximum absolute atomic E-state index is 10.7. The van der Waals surface area contributed by atoms with Crippen molar-refractivity contribution in [2.45, 2.75) is 51.9 Å². The third-order valence-corrected chi connectivity index (χ3v) is 3.21. The smallest absolute Gasteiger partial charge is 0.303 e. The van der Waals surface area contributed by atoms with E-state index in [1.165, 1.54) is 51.0 Å². The molecule has 6 heteroatoms. The summed E-state index contributed by atoms with van der Waals surface area (Å²) in [5.41, 5.74) is 5.32. The molecule has 0 fully saturated rings. The zero-order valence-electron chi connectivity index (χ0n) is 13.9. The van der Waals surface area contributed by atoms with E-state index in [0.29, 0.717) is 12.0 Å². The Morgan fingerprint density at radius 3 is 2.26 bits per heavy atom. The van der Waals surface area contributed by atoms with Crippen molar-refractivity contribution in [2.24, 2.45) is 5.73 Å². The second-order valence-electron chi connectivity index (χ2n) is 5.16. The molecule has 0 aliphatic carbocycles. The number of hydrogen-bond donors (Lipinski definition) is 3. The van der Waals surface area contributed by atoms with Crippen molar-refractivity contribution >= 4 is 11.9 Å². The average Bonchev–Trinajstić information content (AvgIpc) is 2.51. The zero-order chi connectivity index (χ0) is 17.7. The van der Waals surface area contributed by atoms with Gasteiger partial charge in [0.2, 0.25) is 5.91 Å². The van der Waals surface area contributed by atoms with Crippen molar-refractivity contribution in [3.63, 3.8) is 0 Å². The molecule has 0 aliphatic rings. The molecule has 0 atom stereocenters. The number of carbonyl (C=O) groups is 2. The average molecular weight is 325 g/mol. The highest BCUT2D eigenvalue weighted by molar-refractivity contribution is 5.93. The van der Waals surface area contributed by atoms with Crippen molar-refractivity contribution in [3.05, 3.63) is 23.8 Å². The van der Waals surface area contributed by atoms with Crippen LogP contribution in [0.5, 0.6) is 11.5 Å². The number of methoxy groups -OCH3 is 1. The van der Waals surface area contributed by atoms with Crippen LogP contribution < -0.4 is 10.5 Å². The summed E-state index contributed by atoms with van der Waals surface area (Å²) in [6.45, 7) is 2.18. The number of rotatable bonds is 9. The van der Waals surface area contributed by atoms with E-state index in [2.05, 4.69) is 6.92 Å². The van der Waals surface area contributed by atoms with Gasteiger partial charge in [0.1, 0.15) is 0 Å². The number of carboxylic acid groups (broad SMARTS) is 1. The molecule has 1 rings (SSSR count). The third-order valence-electron chi connectivity index (χ3n) is 3.21. The van der Waals surface area contributed by atoms with Crippen molar-refractivity contribution in [1.29, 1.82) is 0 Å². The van der Waals surface area contributed by atoms with Gasteiger partial charge in [-0.1, -0.05) is 39.0 Å². The Hall–Kier alpha value is -2.24. The number of carbonyl (C=O) groups excluding carboxylic acids is 1. The topological polar surface area (TPSA) is 110 Å². The number of aliphatic carboxylic acids is 1. The van der Waals surface area contributed by atoms with Gasteiger partial charge in [-0.05, 0) is 24.6 Å². The molecule has 1 aromatic rings. The van der Waals surface area contributed by atoms with Gasteiger partial charge in [-0.3, -0.25) is 9.59 Å². The molecule has 4 N–H and O–H groups in total. The van der Waals surface area contributed by atoms with Gasteiger partial charge in [0.05, 0.1) is 7.11 Å². The number of carboxylic acids is 1. The summed E-state index contributed by atoms with van der Waals surface area (Å²) in [6.07, 6.45) is 7.25. The van der Waals surface area contributed by atoms with Crippen molar-refractivity contribution in [3.8, 4) is 11.5 Å². The number of nitrogens with two attached hydrogens (primary N) is 1. The molecule has 0 spiro atoms. The van der Waals surface area contributed by atoms with Crippen molar-refractivity contribution in [2.75, 3.05) is 7.11 Å².